The quantitative estimate of drug-likeness (QED) is 0.746. The Bertz CT molecular complexity index is 378. The summed E-state index contributed by atoms with van der Waals surface area (Å²) >= 11 is 1.48. The average molecular weight is 288 g/mol. The van der Waals surface area contributed by atoms with Gasteiger partial charge in [0.15, 0.2) is 0 Å². The number of hydrogen-bond donors (Lipinski definition) is 2. The SMILES string of the molecule is CC1SCC(C(=O)O)N1C(=O)N1CCC(C)(O)CC1. The van der Waals surface area contributed by atoms with Crippen molar-refractivity contribution in [2.45, 2.75) is 43.7 Å². The number of carbonyl (C=O) groups excluding carboxylic acids is 1. The molecule has 0 aromatic heterocycles. The van der Waals surface area contributed by atoms with Crippen LogP contribution in [0.1, 0.15) is 26.7 Å². The first-order valence-electron chi connectivity index (χ1n) is 6.46. The summed E-state index contributed by atoms with van der Waals surface area (Å²) in [6.07, 6.45) is 1.07. The van der Waals surface area contributed by atoms with Crippen LogP contribution in [-0.2, 0) is 4.79 Å². The highest BCUT2D eigenvalue weighted by Gasteiger charge is 2.42. The molecule has 7 heteroatoms. The van der Waals surface area contributed by atoms with E-state index in [0.717, 1.165) is 0 Å². The fourth-order valence-corrected chi connectivity index (χ4v) is 3.63. The summed E-state index contributed by atoms with van der Waals surface area (Å²) < 4.78 is 0. The zero-order valence-electron chi connectivity index (χ0n) is 11.2. The highest BCUT2D eigenvalue weighted by molar-refractivity contribution is 8.00. The highest BCUT2D eigenvalue weighted by Crippen LogP contribution is 2.31. The van der Waals surface area contributed by atoms with Crippen molar-refractivity contribution in [2.75, 3.05) is 18.8 Å². The van der Waals surface area contributed by atoms with Crippen LogP contribution < -0.4 is 0 Å². The first kappa shape index (κ1) is 14.5. The van der Waals surface area contributed by atoms with Gasteiger partial charge in [0.1, 0.15) is 6.04 Å². The van der Waals surface area contributed by atoms with E-state index in [2.05, 4.69) is 0 Å². The second-order valence-corrected chi connectivity index (χ2v) is 6.81. The van der Waals surface area contributed by atoms with Crippen LogP contribution in [-0.4, -0.2) is 67.9 Å². The molecule has 0 saturated carbocycles. The van der Waals surface area contributed by atoms with E-state index in [9.17, 15) is 14.7 Å². The molecule has 19 heavy (non-hydrogen) atoms. The molecule has 2 fully saturated rings. The molecule has 0 aromatic rings. The molecule has 2 rings (SSSR count). The Morgan fingerprint density at radius 3 is 2.42 bits per heavy atom. The van der Waals surface area contributed by atoms with Gasteiger partial charge in [0.05, 0.1) is 11.0 Å². The van der Waals surface area contributed by atoms with Crippen LogP contribution in [0.25, 0.3) is 0 Å². The van der Waals surface area contributed by atoms with Gasteiger partial charge >= 0.3 is 12.0 Å². The molecule has 0 aliphatic carbocycles. The van der Waals surface area contributed by atoms with Gasteiger partial charge in [-0.3, -0.25) is 4.90 Å². The fraction of sp³-hybridized carbons (Fsp3) is 0.833. The van der Waals surface area contributed by atoms with Crippen molar-refractivity contribution in [3.8, 4) is 0 Å². The molecular formula is C12H20N2O4S. The molecule has 6 nitrogen and oxygen atoms in total. The van der Waals surface area contributed by atoms with Gasteiger partial charge in [-0.2, -0.15) is 0 Å². The Kier molecular flexibility index (Phi) is 3.96. The molecule has 2 atom stereocenters. The van der Waals surface area contributed by atoms with E-state index in [0.29, 0.717) is 31.7 Å². The maximum absolute atomic E-state index is 12.4. The number of thioether (sulfide) groups is 1. The highest BCUT2D eigenvalue weighted by atomic mass is 32.2. The van der Waals surface area contributed by atoms with Crippen molar-refractivity contribution in [1.29, 1.82) is 0 Å². The minimum absolute atomic E-state index is 0.115. The molecule has 108 valence electrons. The topological polar surface area (TPSA) is 81.1 Å². The number of aliphatic carboxylic acids is 1. The molecule has 2 saturated heterocycles. The Morgan fingerprint density at radius 2 is 1.89 bits per heavy atom. The molecule has 2 amide bonds. The molecule has 0 aromatic carbocycles. The fourth-order valence-electron chi connectivity index (χ4n) is 2.47. The van der Waals surface area contributed by atoms with Crippen molar-refractivity contribution < 1.29 is 19.8 Å². The Hall–Kier alpha value is -0.950. The van der Waals surface area contributed by atoms with Gasteiger partial charge in [-0.25, -0.2) is 9.59 Å². The number of piperidine rings is 1. The summed E-state index contributed by atoms with van der Waals surface area (Å²) in [5, 5.41) is 18.9. The lowest BCUT2D eigenvalue weighted by atomic mass is 9.94. The van der Waals surface area contributed by atoms with Crippen molar-refractivity contribution in [3.63, 3.8) is 0 Å². The summed E-state index contributed by atoms with van der Waals surface area (Å²) in [6.45, 7) is 4.58. The van der Waals surface area contributed by atoms with E-state index in [1.807, 2.05) is 6.92 Å². The predicted octanol–water partition coefficient (Wildman–Crippen LogP) is 0.801. The van der Waals surface area contributed by atoms with Crippen molar-refractivity contribution in [2.24, 2.45) is 0 Å². The Morgan fingerprint density at radius 1 is 1.32 bits per heavy atom. The molecule has 2 unspecified atom stereocenters. The van der Waals surface area contributed by atoms with Crippen molar-refractivity contribution >= 4 is 23.8 Å². The van der Waals surface area contributed by atoms with Crippen LogP contribution >= 0.6 is 11.8 Å². The van der Waals surface area contributed by atoms with E-state index < -0.39 is 17.6 Å². The van der Waals surface area contributed by atoms with E-state index >= 15 is 0 Å². The third-order valence-corrected chi connectivity index (χ3v) is 5.06. The number of amides is 2. The predicted molar refractivity (Wildman–Crippen MR) is 72.0 cm³/mol. The van der Waals surface area contributed by atoms with Crippen LogP contribution in [0.4, 0.5) is 4.79 Å². The summed E-state index contributed by atoms with van der Waals surface area (Å²) in [6, 6.07) is -0.963. The average Bonchev–Trinajstić information content (AvgIpc) is 2.70. The molecule has 0 bridgehead atoms. The van der Waals surface area contributed by atoms with Crippen LogP contribution in [0, 0.1) is 0 Å². The molecule has 0 radical (unpaired) electrons. The zero-order valence-corrected chi connectivity index (χ0v) is 12.0. The molecule has 2 N–H and O–H groups in total. The van der Waals surface area contributed by atoms with Crippen LogP contribution in [0.3, 0.4) is 0 Å². The number of carbonyl (C=O) groups is 2. The Labute approximate surface area is 116 Å². The molecule has 2 heterocycles. The summed E-state index contributed by atoms with van der Waals surface area (Å²) in [4.78, 5) is 26.7. The van der Waals surface area contributed by atoms with Gasteiger partial charge in [-0.15, -0.1) is 11.8 Å². The van der Waals surface area contributed by atoms with Crippen LogP contribution in [0.15, 0.2) is 0 Å². The van der Waals surface area contributed by atoms with Crippen LogP contribution in [0.2, 0.25) is 0 Å². The largest absolute Gasteiger partial charge is 0.480 e. The number of hydrogen-bond acceptors (Lipinski definition) is 4. The van der Waals surface area contributed by atoms with E-state index in [1.165, 1.54) is 16.7 Å². The number of nitrogens with zero attached hydrogens (tertiary/aromatic N) is 2. The molecule has 0 spiro atoms. The maximum Gasteiger partial charge on any atom is 0.327 e. The lowest BCUT2D eigenvalue weighted by Crippen LogP contribution is -2.54. The maximum atomic E-state index is 12.4. The summed E-state index contributed by atoms with van der Waals surface area (Å²) in [5.41, 5.74) is -0.714. The lowest BCUT2D eigenvalue weighted by Gasteiger charge is -2.39. The number of likely N-dealkylation sites (tertiary alicyclic amines) is 1. The van der Waals surface area contributed by atoms with E-state index in [4.69, 9.17) is 5.11 Å². The number of urea groups is 1. The van der Waals surface area contributed by atoms with E-state index in [1.54, 1.807) is 11.8 Å². The van der Waals surface area contributed by atoms with Crippen molar-refractivity contribution in [3.05, 3.63) is 0 Å². The second kappa shape index (κ2) is 5.20. The second-order valence-electron chi connectivity index (χ2n) is 5.46. The van der Waals surface area contributed by atoms with Crippen LogP contribution in [0.5, 0.6) is 0 Å². The molecule has 2 aliphatic heterocycles. The minimum atomic E-state index is -0.950. The van der Waals surface area contributed by atoms with Gasteiger partial charge in [0.2, 0.25) is 0 Å². The van der Waals surface area contributed by atoms with Gasteiger partial charge < -0.3 is 15.1 Å². The lowest BCUT2D eigenvalue weighted by molar-refractivity contribution is -0.141. The third kappa shape index (κ3) is 2.97. The molecule has 2 aliphatic rings. The minimum Gasteiger partial charge on any atom is -0.480 e. The normalized spacial score (nSPS) is 30.5. The van der Waals surface area contributed by atoms with Gasteiger partial charge in [-0.05, 0) is 26.7 Å². The van der Waals surface area contributed by atoms with Gasteiger partial charge in [-0.1, -0.05) is 0 Å². The summed E-state index contributed by atoms with van der Waals surface area (Å²) in [5.74, 6) is -0.512. The first-order valence-corrected chi connectivity index (χ1v) is 7.51. The number of carboxylic acid groups (broad SMARTS) is 1. The van der Waals surface area contributed by atoms with Crippen molar-refractivity contribution in [1.82, 2.24) is 9.80 Å². The zero-order chi connectivity index (χ0) is 14.2. The summed E-state index contributed by atoms with van der Waals surface area (Å²) in [7, 11) is 0. The van der Waals surface area contributed by atoms with E-state index in [-0.39, 0.29) is 11.4 Å². The third-order valence-electron chi connectivity index (χ3n) is 3.84. The number of aliphatic hydroxyl groups is 1. The Balaban J connectivity index is 2.04. The monoisotopic (exact) mass is 288 g/mol. The van der Waals surface area contributed by atoms with Gasteiger partial charge in [0.25, 0.3) is 0 Å². The standard InChI is InChI=1S/C12H20N2O4S/c1-8-14(9(7-19-8)10(15)16)11(17)13-5-3-12(2,18)4-6-13/h8-9,18H,3-7H2,1-2H3,(H,15,16). The number of rotatable bonds is 1. The molecular weight excluding hydrogens is 268 g/mol. The smallest absolute Gasteiger partial charge is 0.327 e. The van der Waals surface area contributed by atoms with Gasteiger partial charge in [0, 0.05) is 18.8 Å². The first-order chi connectivity index (χ1) is 8.82. The number of carboxylic acids is 1.